The Morgan fingerprint density at radius 3 is 2.44 bits per heavy atom. The van der Waals surface area contributed by atoms with Gasteiger partial charge in [-0.2, -0.15) is 0 Å². The third-order valence-electron chi connectivity index (χ3n) is 3.99. The van der Waals surface area contributed by atoms with Crippen LogP contribution in [0.5, 0.6) is 0 Å². The van der Waals surface area contributed by atoms with E-state index in [0.717, 1.165) is 6.42 Å². The summed E-state index contributed by atoms with van der Waals surface area (Å²) in [6.45, 7) is 0.150. The molecule has 1 aliphatic carbocycles. The van der Waals surface area contributed by atoms with Gasteiger partial charge in [0, 0.05) is 30.7 Å². The number of hydrogen-bond donors (Lipinski definition) is 5. The van der Waals surface area contributed by atoms with Gasteiger partial charge < -0.3 is 15.7 Å². The summed E-state index contributed by atoms with van der Waals surface area (Å²) in [5, 5.41) is 22.1. The van der Waals surface area contributed by atoms with Crippen LogP contribution < -0.4 is 16.1 Å². The number of hydroxylamine groups is 1. The Morgan fingerprint density at radius 2 is 1.89 bits per heavy atom. The van der Waals surface area contributed by atoms with Crippen LogP contribution >= 0.6 is 0 Å². The van der Waals surface area contributed by atoms with E-state index in [1.807, 2.05) is 0 Å². The number of rotatable bonds is 5. The largest absolute Gasteiger partial charge is 0.396 e. The standard InChI is InChI=1S/C19H19N3O5/c1-20-18(25)16(19(26)22-27)21-17(24)13-8-6-12(7-9-13)4-2-3-5-14-10-15(14)11-23/h6-9,14-16,23,27H,10-11H2,1H3,(H,20,25)(H,21,24)(H,22,26). The number of carbonyl (C=O) groups excluding carboxylic acids is 3. The Bertz CT molecular complexity index is 826. The number of aliphatic hydroxyl groups is 1. The minimum atomic E-state index is -1.56. The van der Waals surface area contributed by atoms with Crippen LogP contribution in [-0.4, -0.2) is 47.7 Å². The first kappa shape index (κ1) is 20.0. The third-order valence-corrected chi connectivity index (χ3v) is 3.99. The number of likely N-dealkylation sites (N-methyl/N-ethyl adjacent to an activating group) is 1. The average Bonchev–Trinajstić information content (AvgIpc) is 3.47. The lowest BCUT2D eigenvalue weighted by Crippen LogP contribution is -2.54. The Hall–Kier alpha value is -3.33. The van der Waals surface area contributed by atoms with Crippen molar-refractivity contribution in [3.8, 4) is 23.7 Å². The van der Waals surface area contributed by atoms with Crippen molar-refractivity contribution in [2.24, 2.45) is 11.8 Å². The molecular formula is C19H19N3O5. The van der Waals surface area contributed by atoms with Gasteiger partial charge in [0.25, 0.3) is 17.7 Å². The lowest BCUT2D eigenvalue weighted by atomic mass is 10.1. The average molecular weight is 369 g/mol. The van der Waals surface area contributed by atoms with Crippen LogP contribution in [-0.2, 0) is 9.59 Å². The molecule has 1 aliphatic rings. The molecule has 0 aromatic heterocycles. The van der Waals surface area contributed by atoms with Crippen LogP contribution in [0, 0.1) is 35.5 Å². The van der Waals surface area contributed by atoms with Gasteiger partial charge in [0.2, 0.25) is 0 Å². The van der Waals surface area contributed by atoms with Crippen molar-refractivity contribution in [3.63, 3.8) is 0 Å². The fourth-order valence-corrected chi connectivity index (χ4v) is 2.24. The highest BCUT2D eigenvalue weighted by molar-refractivity contribution is 6.08. The van der Waals surface area contributed by atoms with E-state index >= 15 is 0 Å². The Morgan fingerprint density at radius 1 is 1.19 bits per heavy atom. The topological polar surface area (TPSA) is 128 Å². The summed E-state index contributed by atoms with van der Waals surface area (Å²) in [4.78, 5) is 35.3. The summed E-state index contributed by atoms with van der Waals surface area (Å²) >= 11 is 0. The molecule has 3 atom stereocenters. The molecule has 1 aromatic rings. The van der Waals surface area contributed by atoms with Gasteiger partial charge in [-0.25, -0.2) is 5.48 Å². The number of benzene rings is 1. The van der Waals surface area contributed by atoms with E-state index in [0.29, 0.717) is 5.56 Å². The summed E-state index contributed by atoms with van der Waals surface area (Å²) in [7, 11) is 1.30. The predicted molar refractivity (Wildman–Crippen MR) is 95.0 cm³/mol. The Balaban J connectivity index is 1.98. The van der Waals surface area contributed by atoms with Gasteiger partial charge in [-0.1, -0.05) is 11.8 Å². The van der Waals surface area contributed by atoms with Gasteiger partial charge in [0.1, 0.15) is 0 Å². The summed E-state index contributed by atoms with van der Waals surface area (Å²) in [6.07, 6.45) is 0.903. The fourth-order valence-electron chi connectivity index (χ4n) is 2.24. The van der Waals surface area contributed by atoms with Crippen LogP contribution in [0.1, 0.15) is 22.3 Å². The zero-order valence-corrected chi connectivity index (χ0v) is 14.6. The first-order chi connectivity index (χ1) is 13.0. The second-order valence-electron chi connectivity index (χ2n) is 5.88. The highest BCUT2D eigenvalue weighted by Gasteiger charge is 2.34. The van der Waals surface area contributed by atoms with Crippen molar-refractivity contribution in [1.82, 2.24) is 16.1 Å². The first-order valence-corrected chi connectivity index (χ1v) is 8.19. The maximum atomic E-state index is 12.2. The van der Waals surface area contributed by atoms with Gasteiger partial charge in [-0.3, -0.25) is 19.6 Å². The molecule has 8 heteroatoms. The molecule has 140 valence electrons. The molecule has 3 unspecified atom stereocenters. The Kier molecular flexibility index (Phi) is 6.95. The molecule has 3 amide bonds. The highest BCUT2D eigenvalue weighted by atomic mass is 16.5. The zero-order valence-electron chi connectivity index (χ0n) is 14.6. The summed E-state index contributed by atoms with van der Waals surface area (Å²) in [6, 6.07) is 4.64. The number of aliphatic hydroxyl groups excluding tert-OH is 1. The van der Waals surface area contributed by atoms with Gasteiger partial charge >= 0.3 is 0 Å². The molecule has 5 N–H and O–H groups in total. The molecule has 1 saturated carbocycles. The lowest BCUT2D eigenvalue weighted by Gasteiger charge is -2.15. The monoisotopic (exact) mass is 369 g/mol. The quantitative estimate of drug-likeness (QED) is 0.197. The minimum Gasteiger partial charge on any atom is -0.396 e. The number of nitrogens with one attached hydrogen (secondary N) is 3. The SMILES string of the molecule is CNC(=O)C(NC(=O)c1ccc(C#CC#CC2CC2CO)cc1)C(=O)NO. The summed E-state index contributed by atoms with van der Waals surface area (Å²) < 4.78 is 0. The van der Waals surface area contributed by atoms with Crippen molar-refractivity contribution < 1.29 is 24.7 Å². The molecule has 1 fully saturated rings. The zero-order chi connectivity index (χ0) is 19.8. The van der Waals surface area contributed by atoms with Crippen LogP contribution in [0.2, 0.25) is 0 Å². The predicted octanol–water partition coefficient (Wildman–Crippen LogP) is -0.980. The Labute approximate surface area is 156 Å². The van der Waals surface area contributed by atoms with Gasteiger partial charge in [0.15, 0.2) is 6.04 Å². The van der Waals surface area contributed by atoms with Gasteiger partial charge in [0.05, 0.1) is 0 Å². The molecule has 0 spiro atoms. The second kappa shape index (κ2) is 9.39. The van der Waals surface area contributed by atoms with Crippen LogP contribution in [0.15, 0.2) is 24.3 Å². The van der Waals surface area contributed by atoms with Crippen molar-refractivity contribution in [3.05, 3.63) is 35.4 Å². The maximum absolute atomic E-state index is 12.2. The number of amides is 3. The molecular weight excluding hydrogens is 350 g/mol. The molecule has 2 rings (SSSR count). The third kappa shape index (κ3) is 5.58. The molecule has 1 aromatic carbocycles. The van der Waals surface area contributed by atoms with Gasteiger partial charge in [-0.05, 0) is 48.4 Å². The van der Waals surface area contributed by atoms with Crippen LogP contribution in [0.25, 0.3) is 0 Å². The van der Waals surface area contributed by atoms with E-state index in [9.17, 15) is 14.4 Å². The summed E-state index contributed by atoms with van der Waals surface area (Å²) in [5.74, 6) is 9.29. The van der Waals surface area contributed by atoms with Crippen LogP contribution in [0.4, 0.5) is 0 Å². The second-order valence-corrected chi connectivity index (χ2v) is 5.88. The van der Waals surface area contributed by atoms with Crippen molar-refractivity contribution in [1.29, 1.82) is 0 Å². The van der Waals surface area contributed by atoms with E-state index in [1.165, 1.54) is 24.7 Å². The van der Waals surface area contributed by atoms with Crippen molar-refractivity contribution in [2.45, 2.75) is 12.5 Å². The van der Waals surface area contributed by atoms with E-state index in [4.69, 9.17) is 10.3 Å². The molecule has 8 nitrogen and oxygen atoms in total. The molecule has 0 aliphatic heterocycles. The summed E-state index contributed by atoms with van der Waals surface area (Å²) in [5.41, 5.74) is 2.20. The molecule has 27 heavy (non-hydrogen) atoms. The highest BCUT2D eigenvalue weighted by Crippen LogP contribution is 2.36. The van der Waals surface area contributed by atoms with E-state index in [1.54, 1.807) is 12.1 Å². The number of carbonyl (C=O) groups is 3. The molecule has 0 saturated heterocycles. The van der Waals surface area contributed by atoms with Gasteiger partial charge in [-0.15, -0.1) is 0 Å². The smallest absolute Gasteiger partial charge is 0.275 e. The van der Waals surface area contributed by atoms with E-state index in [-0.39, 0.29) is 24.0 Å². The van der Waals surface area contributed by atoms with Crippen LogP contribution in [0.3, 0.4) is 0 Å². The van der Waals surface area contributed by atoms with Crippen molar-refractivity contribution in [2.75, 3.05) is 13.7 Å². The lowest BCUT2D eigenvalue weighted by molar-refractivity contribution is -0.137. The van der Waals surface area contributed by atoms with E-state index < -0.39 is 23.8 Å². The van der Waals surface area contributed by atoms with E-state index in [2.05, 4.69) is 34.3 Å². The molecule has 0 heterocycles. The first-order valence-electron chi connectivity index (χ1n) is 8.19. The maximum Gasteiger partial charge on any atom is 0.275 e. The molecule has 0 bridgehead atoms. The van der Waals surface area contributed by atoms with Crippen molar-refractivity contribution >= 4 is 17.7 Å². The minimum absolute atomic E-state index is 0.150. The fraction of sp³-hybridized carbons (Fsp3) is 0.316. The molecule has 0 radical (unpaired) electrons. The normalized spacial score (nSPS) is 17.9. The number of hydrogen-bond acceptors (Lipinski definition) is 5.